The van der Waals surface area contributed by atoms with Crippen LogP contribution in [-0.2, 0) is 0 Å². The van der Waals surface area contributed by atoms with Crippen molar-refractivity contribution in [1.29, 1.82) is 0 Å². The Kier molecular flexibility index (Phi) is 4.79. The number of non-ortho nitro benzene ring substituents is 1. The van der Waals surface area contributed by atoms with Gasteiger partial charge in [-0.25, -0.2) is 0 Å². The van der Waals surface area contributed by atoms with Crippen LogP contribution in [0, 0.1) is 10.1 Å². The summed E-state index contributed by atoms with van der Waals surface area (Å²) in [4.78, 5) is 14.0. The van der Waals surface area contributed by atoms with Crippen molar-refractivity contribution in [2.24, 2.45) is 4.99 Å². The monoisotopic (exact) mass is 232 g/mol. The minimum Gasteiger partial charge on any atom is -0.263 e. The topological polar surface area (TPSA) is 55.5 Å². The predicted molar refractivity (Wildman–Crippen MR) is 68.8 cm³/mol. The third kappa shape index (κ3) is 3.24. The highest BCUT2D eigenvalue weighted by molar-refractivity contribution is 8.03. The average molecular weight is 232 g/mol. The molecule has 1 aromatic carbocycles. The highest BCUT2D eigenvalue weighted by Gasteiger charge is 2.07. The molecule has 0 spiro atoms. The van der Waals surface area contributed by atoms with Crippen molar-refractivity contribution in [2.45, 2.75) is 0 Å². The first-order valence-electron chi connectivity index (χ1n) is 4.42. The molecule has 16 heavy (non-hydrogen) atoms. The predicted octanol–water partition coefficient (Wildman–Crippen LogP) is 2.45. The molecule has 1 aromatic rings. The van der Waals surface area contributed by atoms with Crippen molar-refractivity contribution in [1.82, 2.24) is 0 Å². The van der Waals surface area contributed by atoms with Crippen molar-refractivity contribution < 1.29 is 4.92 Å². The van der Waals surface area contributed by atoms with E-state index in [-0.39, 0.29) is 5.69 Å². The van der Waals surface area contributed by atoms with E-state index in [1.54, 1.807) is 17.5 Å². The van der Waals surface area contributed by atoms with Gasteiger partial charge in [-0.05, 0) is 17.8 Å². The fourth-order valence-electron chi connectivity index (χ4n) is 1.10. The van der Waals surface area contributed by atoms with Gasteiger partial charge in [0.1, 0.15) is 0 Å². The summed E-state index contributed by atoms with van der Waals surface area (Å²) in [5.41, 5.74) is 1.70. The van der Waals surface area contributed by atoms with E-state index in [9.17, 15) is 10.1 Å². The Hall–Kier alpha value is -1.56. The maximum Gasteiger partial charge on any atom is 0.270 e. The summed E-state index contributed by atoms with van der Waals surface area (Å²) in [7, 11) is 5.34. The fourth-order valence-corrected chi connectivity index (χ4v) is 1.57. The number of nitro benzene ring substituents is 1. The lowest BCUT2D eigenvalue weighted by atomic mass is 10.1. The van der Waals surface area contributed by atoms with E-state index in [0.29, 0.717) is 16.9 Å². The zero-order valence-corrected chi connectivity index (χ0v) is 9.31. The van der Waals surface area contributed by atoms with E-state index in [0.717, 1.165) is 0 Å². The van der Waals surface area contributed by atoms with Crippen molar-refractivity contribution in [3.05, 3.63) is 45.4 Å². The molecule has 2 radical (unpaired) electrons. The van der Waals surface area contributed by atoms with Crippen LogP contribution in [0.2, 0.25) is 0 Å². The minimum absolute atomic E-state index is 0.0322. The summed E-state index contributed by atoms with van der Waals surface area (Å²) in [6, 6.07) is 6.24. The van der Waals surface area contributed by atoms with Crippen LogP contribution in [0.25, 0.3) is 5.70 Å². The van der Waals surface area contributed by atoms with E-state index in [2.05, 4.69) is 11.7 Å². The normalized spacial score (nSPS) is 11.1. The molecule has 80 valence electrons. The van der Waals surface area contributed by atoms with Gasteiger partial charge in [-0.15, -0.1) is 11.8 Å². The van der Waals surface area contributed by atoms with Gasteiger partial charge in [0.25, 0.3) is 5.69 Å². The van der Waals surface area contributed by atoms with Crippen LogP contribution in [0.15, 0.2) is 34.7 Å². The maximum absolute atomic E-state index is 10.6. The van der Waals surface area contributed by atoms with Crippen molar-refractivity contribution in [3.63, 3.8) is 0 Å². The first-order valence-corrected chi connectivity index (χ1v) is 5.47. The molecule has 0 saturated carbocycles. The lowest BCUT2D eigenvalue weighted by Crippen LogP contribution is -1.89. The maximum atomic E-state index is 10.6. The molecule has 0 aromatic heterocycles. The SMILES string of the molecule is [B]CS/C=C(\N=C)c1cccc([N+](=O)[O-])c1. The molecule has 0 saturated heterocycles. The van der Waals surface area contributed by atoms with Gasteiger partial charge < -0.3 is 0 Å². The standard InChI is InChI=1S/C10H9BN2O2S/c1-12-10(6-16-7-11)8-3-2-4-9(5-8)13(14)15/h2-6H,1,7H2/b10-6-. The number of aliphatic imine (C=N–C) groups is 1. The highest BCUT2D eigenvalue weighted by Crippen LogP contribution is 2.22. The van der Waals surface area contributed by atoms with Gasteiger partial charge in [0.15, 0.2) is 0 Å². The van der Waals surface area contributed by atoms with E-state index in [1.165, 1.54) is 23.9 Å². The van der Waals surface area contributed by atoms with Gasteiger partial charge in [-0.2, -0.15) is 0 Å². The van der Waals surface area contributed by atoms with Crippen LogP contribution in [-0.4, -0.2) is 25.1 Å². The van der Waals surface area contributed by atoms with Gasteiger partial charge in [0.05, 0.1) is 18.5 Å². The van der Waals surface area contributed by atoms with E-state index >= 15 is 0 Å². The summed E-state index contributed by atoms with van der Waals surface area (Å²) >= 11 is 1.36. The molecule has 0 aliphatic rings. The van der Waals surface area contributed by atoms with Crippen LogP contribution in [0.3, 0.4) is 0 Å². The molecular formula is C10H9BN2O2S. The lowest BCUT2D eigenvalue weighted by Gasteiger charge is -2.01. The molecule has 0 N–H and O–H groups in total. The van der Waals surface area contributed by atoms with E-state index in [4.69, 9.17) is 7.85 Å². The Balaban J connectivity index is 3.06. The summed E-state index contributed by atoms with van der Waals surface area (Å²) in [5.74, 6) is 0. The zero-order valence-electron chi connectivity index (χ0n) is 8.50. The molecule has 6 heteroatoms. The summed E-state index contributed by atoms with van der Waals surface area (Å²) in [5, 5.41) is 12.3. The number of rotatable bonds is 5. The van der Waals surface area contributed by atoms with Crippen LogP contribution in [0.1, 0.15) is 5.56 Å². The molecule has 1 rings (SSSR count). The van der Waals surface area contributed by atoms with E-state index < -0.39 is 4.92 Å². The van der Waals surface area contributed by atoms with Gasteiger partial charge in [-0.3, -0.25) is 15.1 Å². The third-order valence-electron chi connectivity index (χ3n) is 1.81. The number of benzene rings is 1. The summed E-state index contributed by atoms with van der Waals surface area (Å²) in [6.45, 7) is 3.42. The summed E-state index contributed by atoms with van der Waals surface area (Å²) in [6.07, 6.45) is 0. The van der Waals surface area contributed by atoms with Gasteiger partial charge >= 0.3 is 0 Å². The molecule has 0 amide bonds. The number of nitro groups is 1. The Labute approximate surface area is 99.0 Å². The second-order valence-electron chi connectivity index (χ2n) is 2.80. The van der Waals surface area contributed by atoms with Crippen LogP contribution in [0.4, 0.5) is 5.69 Å². The van der Waals surface area contributed by atoms with Crippen LogP contribution >= 0.6 is 11.8 Å². The smallest absolute Gasteiger partial charge is 0.263 e. The molecule has 0 atom stereocenters. The molecular weight excluding hydrogens is 223 g/mol. The van der Waals surface area contributed by atoms with Crippen LogP contribution in [0.5, 0.6) is 0 Å². The fraction of sp³-hybridized carbons (Fsp3) is 0.100. The van der Waals surface area contributed by atoms with Crippen LogP contribution < -0.4 is 0 Å². The second kappa shape index (κ2) is 6.12. The second-order valence-corrected chi connectivity index (χ2v) is 3.70. The van der Waals surface area contributed by atoms with E-state index in [1.807, 2.05) is 0 Å². The summed E-state index contributed by atoms with van der Waals surface area (Å²) < 4.78 is 0. The lowest BCUT2D eigenvalue weighted by molar-refractivity contribution is -0.384. The number of hydrogen-bond donors (Lipinski definition) is 0. The van der Waals surface area contributed by atoms with Gasteiger partial charge in [0, 0.05) is 17.7 Å². The molecule has 4 nitrogen and oxygen atoms in total. The molecule has 0 aliphatic carbocycles. The molecule has 0 fully saturated rings. The minimum atomic E-state index is -0.444. The third-order valence-corrected chi connectivity index (χ3v) is 2.40. The average Bonchev–Trinajstić information content (AvgIpc) is 2.30. The Morgan fingerprint density at radius 2 is 2.44 bits per heavy atom. The largest absolute Gasteiger partial charge is 0.270 e. The molecule has 0 aliphatic heterocycles. The first-order chi connectivity index (χ1) is 7.69. The Morgan fingerprint density at radius 3 is 3.00 bits per heavy atom. The van der Waals surface area contributed by atoms with Crippen molar-refractivity contribution in [2.75, 3.05) is 5.65 Å². The molecule has 0 bridgehead atoms. The zero-order chi connectivity index (χ0) is 12.0. The molecule has 0 heterocycles. The van der Waals surface area contributed by atoms with Crippen molar-refractivity contribution >= 4 is 37.7 Å². The highest BCUT2D eigenvalue weighted by atomic mass is 32.2. The quantitative estimate of drug-likeness (QED) is 0.339. The number of thioether (sulfide) groups is 1. The number of hydrogen-bond acceptors (Lipinski definition) is 4. The Bertz CT molecular complexity index is 435. The Morgan fingerprint density at radius 1 is 1.69 bits per heavy atom. The van der Waals surface area contributed by atoms with Gasteiger partial charge in [0.2, 0.25) is 0 Å². The molecule has 0 unspecified atom stereocenters. The first kappa shape index (κ1) is 12.5. The van der Waals surface area contributed by atoms with Gasteiger partial charge in [-0.1, -0.05) is 12.1 Å². The van der Waals surface area contributed by atoms with Crippen molar-refractivity contribution in [3.8, 4) is 0 Å². The number of nitrogens with zero attached hydrogens (tertiary/aromatic N) is 2.